The Bertz CT molecular complexity index is 334. The molecule has 0 aromatic rings. The van der Waals surface area contributed by atoms with E-state index in [-0.39, 0.29) is 18.0 Å². The summed E-state index contributed by atoms with van der Waals surface area (Å²) in [5, 5.41) is 2.96. The number of carbonyl (C=O) groups excluding carboxylic acids is 2. The molecule has 2 fully saturated rings. The van der Waals surface area contributed by atoms with Crippen LogP contribution in [0.5, 0.6) is 0 Å². The van der Waals surface area contributed by atoms with E-state index in [2.05, 4.69) is 10.2 Å². The normalized spacial score (nSPS) is 26.7. The Hall–Kier alpha value is -0.940. The summed E-state index contributed by atoms with van der Waals surface area (Å²) in [4.78, 5) is 25.8. The maximum Gasteiger partial charge on any atom is 0.239 e. The predicted molar refractivity (Wildman–Crippen MR) is 71.9 cm³/mol. The Labute approximate surface area is 114 Å². The molecule has 0 aromatic carbocycles. The molecule has 1 heterocycles. The quantitative estimate of drug-likeness (QED) is 0.819. The minimum atomic E-state index is -0.200. The fourth-order valence-corrected chi connectivity index (χ4v) is 2.92. The summed E-state index contributed by atoms with van der Waals surface area (Å²) in [7, 11) is 0. The van der Waals surface area contributed by atoms with Gasteiger partial charge < -0.3 is 10.1 Å². The zero-order chi connectivity index (χ0) is 13.8. The summed E-state index contributed by atoms with van der Waals surface area (Å²) < 4.78 is 5.46. The van der Waals surface area contributed by atoms with E-state index in [1.807, 2.05) is 13.8 Å². The highest BCUT2D eigenvalue weighted by atomic mass is 16.5. The van der Waals surface area contributed by atoms with E-state index in [1.165, 1.54) is 0 Å². The van der Waals surface area contributed by atoms with Crippen LogP contribution in [0.2, 0.25) is 0 Å². The van der Waals surface area contributed by atoms with Crippen LogP contribution in [0.4, 0.5) is 0 Å². The predicted octanol–water partition coefficient (Wildman–Crippen LogP) is 0.723. The first-order chi connectivity index (χ1) is 9.08. The van der Waals surface area contributed by atoms with Crippen LogP contribution < -0.4 is 5.32 Å². The summed E-state index contributed by atoms with van der Waals surface area (Å²) in [6.07, 6.45) is 3.07. The van der Waals surface area contributed by atoms with Crippen molar-refractivity contribution in [1.29, 1.82) is 0 Å². The Balaban J connectivity index is 1.99. The number of carbonyl (C=O) groups is 2. The second-order valence-electron chi connectivity index (χ2n) is 5.76. The fraction of sp³-hybridized carbons (Fsp3) is 0.857. The molecule has 5 nitrogen and oxygen atoms in total. The van der Waals surface area contributed by atoms with Gasteiger partial charge in [-0.3, -0.25) is 14.5 Å². The zero-order valence-corrected chi connectivity index (χ0v) is 11.9. The smallest absolute Gasteiger partial charge is 0.239 e. The molecule has 1 atom stereocenters. The second kappa shape index (κ2) is 6.48. The van der Waals surface area contributed by atoms with Gasteiger partial charge in [0, 0.05) is 31.5 Å². The Morgan fingerprint density at radius 1 is 1.37 bits per heavy atom. The largest absolute Gasteiger partial charge is 0.378 e. The van der Waals surface area contributed by atoms with Crippen molar-refractivity contribution in [3.8, 4) is 0 Å². The van der Waals surface area contributed by atoms with Gasteiger partial charge in [-0.2, -0.15) is 0 Å². The van der Waals surface area contributed by atoms with Gasteiger partial charge in [-0.15, -0.1) is 0 Å². The van der Waals surface area contributed by atoms with Gasteiger partial charge >= 0.3 is 0 Å². The number of nitrogens with one attached hydrogen (secondary N) is 1. The van der Waals surface area contributed by atoms with Crippen LogP contribution in [0.1, 0.15) is 39.5 Å². The molecule has 108 valence electrons. The molecule has 1 saturated carbocycles. The van der Waals surface area contributed by atoms with E-state index in [0.717, 1.165) is 19.4 Å². The molecule has 1 saturated heterocycles. The van der Waals surface area contributed by atoms with E-state index in [1.54, 1.807) is 0 Å². The third-order valence-electron chi connectivity index (χ3n) is 3.89. The van der Waals surface area contributed by atoms with Crippen molar-refractivity contribution in [2.45, 2.75) is 57.7 Å². The molecule has 19 heavy (non-hydrogen) atoms. The first-order valence-corrected chi connectivity index (χ1v) is 7.23. The zero-order valence-electron chi connectivity index (χ0n) is 11.9. The van der Waals surface area contributed by atoms with Crippen molar-refractivity contribution in [2.75, 3.05) is 19.8 Å². The summed E-state index contributed by atoms with van der Waals surface area (Å²) in [6.45, 7) is 5.85. The van der Waals surface area contributed by atoms with Crippen molar-refractivity contribution in [1.82, 2.24) is 10.2 Å². The maximum absolute atomic E-state index is 12.2. The lowest BCUT2D eigenvalue weighted by Crippen LogP contribution is -2.58. The number of Topliss-reactive ketones (excluding diaryl/α,β-unsaturated/α-hetero) is 1. The summed E-state index contributed by atoms with van der Waals surface area (Å²) in [5.41, 5.74) is 0. The molecule has 0 radical (unpaired) electrons. The number of nitrogens with zero attached hydrogens (tertiary/aromatic N) is 1. The van der Waals surface area contributed by atoms with Gasteiger partial charge in [0.25, 0.3) is 0 Å². The van der Waals surface area contributed by atoms with E-state index in [4.69, 9.17) is 4.74 Å². The van der Waals surface area contributed by atoms with Crippen LogP contribution in [0.15, 0.2) is 0 Å². The van der Waals surface area contributed by atoms with Crippen LogP contribution in [-0.4, -0.2) is 54.5 Å². The van der Waals surface area contributed by atoms with Crippen molar-refractivity contribution in [3.63, 3.8) is 0 Å². The lowest BCUT2D eigenvalue weighted by molar-refractivity contribution is -0.136. The number of morpholine rings is 1. The number of hydrogen-bond donors (Lipinski definition) is 1. The molecule has 0 aromatic heterocycles. The summed E-state index contributed by atoms with van der Waals surface area (Å²) in [5.74, 6) is 0.402. The average Bonchev–Trinajstić information content (AvgIpc) is 2.39. The Morgan fingerprint density at radius 2 is 2.05 bits per heavy atom. The highest BCUT2D eigenvalue weighted by molar-refractivity contribution is 5.82. The number of rotatable bonds is 3. The number of hydrogen-bond acceptors (Lipinski definition) is 4. The van der Waals surface area contributed by atoms with Crippen LogP contribution in [0.3, 0.4) is 0 Å². The minimum absolute atomic E-state index is 0.0478. The first-order valence-electron chi connectivity index (χ1n) is 7.23. The molecule has 1 unspecified atom stereocenters. The molecule has 1 N–H and O–H groups in total. The van der Waals surface area contributed by atoms with Gasteiger partial charge in [-0.25, -0.2) is 0 Å². The van der Waals surface area contributed by atoms with E-state index < -0.39 is 0 Å². The number of ether oxygens (including phenoxy) is 1. The minimum Gasteiger partial charge on any atom is -0.378 e. The molecule has 1 amide bonds. The summed E-state index contributed by atoms with van der Waals surface area (Å²) in [6, 6.07) is 0.295. The van der Waals surface area contributed by atoms with Gasteiger partial charge in [0.1, 0.15) is 11.8 Å². The van der Waals surface area contributed by atoms with Gasteiger partial charge in [0.15, 0.2) is 0 Å². The van der Waals surface area contributed by atoms with Crippen molar-refractivity contribution in [3.05, 3.63) is 0 Å². The number of amides is 1. The van der Waals surface area contributed by atoms with E-state index in [0.29, 0.717) is 37.9 Å². The van der Waals surface area contributed by atoms with Gasteiger partial charge in [-0.1, -0.05) is 0 Å². The molecular weight excluding hydrogens is 244 g/mol. The lowest BCUT2D eigenvalue weighted by atomic mass is 9.92. The molecule has 0 bridgehead atoms. The van der Waals surface area contributed by atoms with Crippen LogP contribution in [0, 0.1) is 0 Å². The van der Waals surface area contributed by atoms with Crippen LogP contribution >= 0.6 is 0 Å². The molecule has 2 rings (SSSR count). The van der Waals surface area contributed by atoms with Gasteiger partial charge in [0.2, 0.25) is 5.91 Å². The van der Waals surface area contributed by atoms with Crippen LogP contribution in [-0.2, 0) is 14.3 Å². The third-order valence-corrected chi connectivity index (χ3v) is 3.89. The maximum atomic E-state index is 12.2. The molecule has 0 spiro atoms. The van der Waals surface area contributed by atoms with Gasteiger partial charge in [-0.05, 0) is 26.7 Å². The van der Waals surface area contributed by atoms with Crippen molar-refractivity contribution < 1.29 is 14.3 Å². The van der Waals surface area contributed by atoms with Crippen molar-refractivity contribution in [2.24, 2.45) is 0 Å². The van der Waals surface area contributed by atoms with E-state index >= 15 is 0 Å². The molecule has 1 aliphatic heterocycles. The van der Waals surface area contributed by atoms with Crippen molar-refractivity contribution >= 4 is 11.7 Å². The monoisotopic (exact) mass is 268 g/mol. The standard InChI is InChI=1S/C14H24N2O3/c1-10(2)15-14(18)13-9-19-8-7-16(13)11-3-5-12(17)6-4-11/h10-11,13H,3-9H2,1-2H3,(H,15,18). The Morgan fingerprint density at radius 3 is 2.68 bits per heavy atom. The molecule has 2 aliphatic rings. The molecular formula is C14H24N2O3. The molecule has 1 aliphatic carbocycles. The SMILES string of the molecule is CC(C)NC(=O)C1COCCN1C1CCC(=O)CC1. The lowest BCUT2D eigenvalue weighted by Gasteiger charge is -2.41. The third kappa shape index (κ3) is 3.76. The average molecular weight is 268 g/mol. The van der Waals surface area contributed by atoms with E-state index in [9.17, 15) is 9.59 Å². The molecule has 5 heteroatoms. The van der Waals surface area contributed by atoms with Gasteiger partial charge in [0.05, 0.1) is 13.2 Å². The highest BCUT2D eigenvalue weighted by Crippen LogP contribution is 2.24. The highest BCUT2D eigenvalue weighted by Gasteiger charge is 2.35. The second-order valence-corrected chi connectivity index (χ2v) is 5.76. The van der Waals surface area contributed by atoms with Crippen LogP contribution in [0.25, 0.3) is 0 Å². The number of ketones is 1. The fourth-order valence-electron chi connectivity index (χ4n) is 2.92. The Kier molecular flexibility index (Phi) is 4.93. The summed E-state index contributed by atoms with van der Waals surface area (Å²) >= 11 is 0. The first kappa shape index (κ1) is 14.5. The topological polar surface area (TPSA) is 58.6 Å².